The molecule has 2 bridgehead atoms. The first-order chi connectivity index (χ1) is 14.3. The van der Waals surface area contributed by atoms with Crippen molar-refractivity contribution in [3.8, 4) is 0 Å². The van der Waals surface area contributed by atoms with Crippen LogP contribution in [-0.4, -0.2) is 86.7 Å². The molecule has 0 saturated carbocycles. The fourth-order valence-electron chi connectivity index (χ4n) is 5.07. The first-order valence-electron chi connectivity index (χ1n) is 13.1. The summed E-state index contributed by atoms with van der Waals surface area (Å²) in [6.07, 6.45) is 18.5. The molecular formula is C25H52MnN4. The minimum atomic E-state index is 0. The molecule has 30 heavy (non-hydrogen) atoms. The van der Waals surface area contributed by atoms with Crippen LogP contribution in [0.25, 0.3) is 0 Å². The van der Waals surface area contributed by atoms with Crippen LogP contribution >= 0.6 is 0 Å². The van der Waals surface area contributed by atoms with Crippen LogP contribution in [0.1, 0.15) is 90.4 Å². The third-order valence-electron chi connectivity index (χ3n) is 7.15. The third kappa shape index (κ3) is 13.0. The van der Waals surface area contributed by atoms with E-state index in [4.69, 9.17) is 0 Å². The van der Waals surface area contributed by atoms with Gasteiger partial charge in [-0.3, -0.25) is 4.90 Å². The first-order valence-corrected chi connectivity index (χ1v) is 13.1. The second kappa shape index (κ2) is 18.9. The molecule has 2 aliphatic heterocycles. The van der Waals surface area contributed by atoms with Crippen LogP contribution in [-0.2, 0) is 17.1 Å². The van der Waals surface area contributed by atoms with Gasteiger partial charge in [0.15, 0.2) is 0 Å². The monoisotopic (exact) mass is 463 g/mol. The van der Waals surface area contributed by atoms with Gasteiger partial charge in [0.05, 0.1) is 0 Å². The Hall–Kier alpha value is 0.359. The summed E-state index contributed by atoms with van der Waals surface area (Å²) in [6.45, 7) is 13.4. The van der Waals surface area contributed by atoms with E-state index in [1.807, 2.05) is 0 Å². The average molecular weight is 464 g/mol. The minimum Gasteiger partial charge on any atom is -0.315 e. The van der Waals surface area contributed by atoms with E-state index in [1.54, 1.807) is 0 Å². The number of likely N-dealkylation sites (N-methyl/N-ethyl adjacent to an activating group) is 1. The summed E-state index contributed by atoms with van der Waals surface area (Å²) in [5.41, 5.74) is 0. The van der Waals surface area contributed by atoms with Crippen molar-refractivity contribution in [2.24, 2.45) is 0 Å². The number of unbranched alkanes of at least 4 members (excludes halogenated alkanes) is 9. The van der Waals surface area contributed by atoms with Crippen molar-refractivity contribution >= 4 is 0 Å². The van der Waals surface area contributed by atoms with Gasteiger partial charge in [-0.2, -0.15) is 0 Å². The van der Waals surface area contributed by atoms with Crippen molar-refractivity contribution in [2.75, 3.05) is 66.0 Å². The quantitative estimate of drug-likeness (QED) is 0.357. The molecule has 2 heterocycles. The van der Waals surface area contributed by atoms with Gasteiger partial charge in [-0.25, -0.2) is 0 Å². The molecule has 1 N–H and O–H groups in total. The van der Waals surface area contributed by atoms with E-state index in [1.165, 1.54) is 142 Å². The van der Waals surface area contributed by atoms with Crippen LogP contribution in [0.2, 0.25) is 0 Å². The molecule has 2 aliphatic rings. The first kappa shape index (κ1) is 28.4. The molecule has 2 fully saturated rings. The van der Waals surface area contributed by atoms with Gasteiger partial charge in [-0.15, -0.1) is 0 Å². The zero-order chi connectivity index (χ0) is 20.6. The summed E-state index contributed by atoms with van der Waals surface area (Å²) < 4.78 is 0. The molecule has 2 saturated heterocycles. The van der Waals surface area contributed by atoms with Gasteiger partial charge in [0.1, 0.15) is 0 Å². The maximum Gasteiger partial charge on any atom is 0.0113 e. The smallest absolute Gasteiger partial charge is 0.0113 e. The van der Waals surface area contributed by atoms with Crippen LogP contribution in [0.15, 0.2) is 0 Å². The van der Waals surface area contributed by atoms with Gasteiger partial charge in [-0.1, -0.05) is 71.1 Å². The predicted octanol–water partition coefficient (Wildman–Crippen LogP) is 4.60. The van der Waals surface area contributed by atoms with Crippen molar-refractivity contribution in [3.05, 3.63) is 0 Å². The number of hydrogen-bond acceptors (Lipinski definition) is 4. The van der Waals surface area contributed by atoms with E-state index < -0.39 is 0 Å². The molecule has 0 aromatic rings. The molecule has 0 aliphatic carbocycles. The number of fused-ring (bicyclic) bond motifs is 3. The summed E-state index contributed by atoms with van der Waals surface area (Å²) in [5.74, 6) is 0. The fourth-order valence-corrected chi connectivity index (χ4v) is 5.07. The average Bonchev–Trinajstić information content (AvgIpc) is 2.73. The second-order valence-electron chi connectivity index (χ2n) is 9.70. The molecule has 2 rings (SSSR count). The summed E-state index contributed by atoms with van der Waals surface area (Å²) >= 11 is 0. The van der Waals surface area contributed by atoms with E-state index in [0.29, 0.717) is 0 Å². The molecule has 0 amide bonds. The SMILES string of the molecule is CCCCCCCCCCCCC1CCNCCN2CCCN(C)CCN1CC2.[Mn]. The van der Waals surface area contributed by atoms with Crippen LogP contribution in [0.5, 0.6) is 0 Å². The van der Waals surface area contributed by atoms with Crippen molar-refractivity contribution in [3.63, 3.8) is 0 Å². The molecular weight excluding hydrogens is 411 g/mol. The second-order valence-corrected chi connectivity index (χ2v) is 9.70. The van der Waals surface area contributed by atoms with Crippen LogP contribution < -0.4 is 5.32 Å². The third-order valence-corrected chi connectivity index (χ3v) is 7.15. The Kier molecular flexibility index (Phi) is 17.9. The van der Waals surface area contributed by atoms with Gasteiger partial charge in [0.25, 0.3) is 0 Å². The Bertz CT molecular complexity index is 382. The van der Waals surface area contributed by atoms with Crippen molar-refractivity contribution < 1.29 is 17.1 Å². The summed E-state index contributed by atoms with van der Waals surface area (Å²) in [4.78, 5) is 8.09. The molecule has 3 unspecified atom stereocenters. The van der Waals surface area contributed by atoms with E-state index in [-0.39, 0.29) is 17.1 Å². The summed E-state index contributed by atoms with van der Waals surface area (Å²) in [5, 5.41) is 3.72. The zero-order valence-corrected chi connectivity index (χ0v) is 21.5. The van der Waals surface area contributed by atoms with E-state index >= 15 is 0 Å². The Morgan fingerprint density at radius 1 is 0.700 bits per heavy atom. The van der Waals surface area contributed by atoms with Crippen LogP contribution in [0, 0.1) is 0 Å². The van der Waals surface area contributed by atoms with Crippen molar-refractivity contribution in [2.45, 2.75) is 96.4 Å². The fraction of sp³-hybridized carbons (Fsp3) is 1.00. The van der Waals surface area contributed by atoms with E-state index in [0.717, 1.165) is 6.04 Å². The predicted molar refractivity (Wildman–Crippen MR) is 128 cm³/mol. The maximum atomic E-state index is 3.72. The molecule has 0 aromatic heterocycles. The number of rotatable bonds is 11. The van der Waals surface area contributed by atoms with Crippen molar-refractivity contribution in [1.29, 1.82) is 0 Å². The Labute approximate surface area is 199 Å². The van der Waals surface area contributed by atoms with E-state index in [2.05, 4.69) is 34.0 Å². The van der Waals surface area contributed by atoms with Crippen LogP contribution in [0.3, 0.4) is 0 Å². The largest absolute Gasteiger partial charge is 0.315 e. The van der Waals surface area contributed by atoms with E-state index in [9.17, 15) is 0 Å². The van der Waals surface area contributed by atoms with Gasteiger partial charge in [0.2, 0.25) is 0 Å². The Balaban J connectivity index is 0.00000450. The molecule has 4 nitrogen and oxygen atoms in total. The molecule has 0 aromatic carbocycles. The number of nitrogens with zero attached hydrogens (tertiary/aromatic N) is 3. The standard InChI is InChI=1S/C25H52N4.Mn/c1-3-4-5-6-7-8-9-10-11-12-14-25-15-16-26-17-20-28-19-13-18-27(2)21-23-29(25)24-22-28;/h25-26H,3-24H2,1-2H3;. The zero-order valence-electron chi connectivity index (χ0n) is 20.4. The molecule has 3 atom stereocenters. The molecule has 5 heteroatoms. The van der Waals surface area contributed by atoms with Crippen LogP contribution in [0.4, 0.5) is 0 Å². The maximum absolute atomic E-state index is 3.72. The normalized spacial score (nSPS) is 26.8. The Morgan fingerprint density at radius 2 is 1.37 bits per heavy atom. The summed E-state index contributed by atoms with van der Waals surface area (Å²) in [7, 11) is 2.31. The molecule has 0 spiro atoms. The molecule has 1 radical (unpaired) electrons. The van der Waals surface area contributed by atoms with Gasteiger partial charge in [-0.05, 0) is 45.9 Å². The van der Waals surface area contributed by atoms with Crippen molar-refractivity contribution in [1.82, 2.24) is 20.0 Å². The number of hydrogen-bond donors (Lipinski definition) is 1. The Morgan fingerprint density at radius 3 is 2.10 bits per heavy atom. The molecule has 179 valence electrons. The topological polar surface area (TPSA) is 21.8 Å². The number of nitrogens with one attached hydrogen (secondary N) is 1. The van der Waals surface area contributed by atoms with Gasteiger partial charge >= 0.3 is 0 Å². The van der Waals surface area contributed by atoms with Gasteiger partial charge < -0.3 is 15.1 Å². The van der Waals surface area contributed by atoms with Gasteiger partial charge in [0, 0.05) is 62.4 Å². The minimum absolute atomic E-state index is 0. The summed E-state index contributed by atoms with van der Waals surface area (Å²) in [6, 6.07) is 0.782.